The summed E-state index contributed by atoms with van der Waals surface area (Å²) in [4.78, 5) is 2.39. The lowest BCUT2D eigenvalue weighted by atomic mass is 10.1. The molecule has 0 atom stereocenters. The first-order chi connectivity index (χ1) is 8.69. The van der Waals surface area contributed by atoms with Gasteiger partial charge in [-0.1, -0.05) is 44.4 Å². The first kappa shape index (κ1) is 15.0. The number of aryl methyl sites for hydroxylation is 1. The van der Waals surface area contributed by atoms with Crippen molar-refractivity contribution in [2.45, 2.75) is 46.6 Å². The maximum absolute atomic E-state index is 3.43. The molecule has 1 N–H and O–H groups in total. The number of anilines is 1. The number of rotatable bonds is 8. The molecule has 1 aromatic carbocycles. The van der Waals surface area contributed by atoms with Gasteiger partial charge in [0.1, 0.15) is 0 Å². The van der Waals surface area contributed by atoms with E-state index in [1.54, 1.807) is 0 Å². The molecule has 0 aliphatic rings. The summed E-state index contributed by atoms with van der Waals surface area (Å²) in [6.45, 7) is 9.70. The molecule has 0 spiro atoms. The van der Waals surface area contributed by atoms with E-state index in [9.17, 15) is 0 Å². The van der Waals surface area contributed by atoms with Crippen LogP contribution >= 0.6 is 0 Å². The molecule has 0 heterocycles. The van der Waals surface area contributed by atoms with E-state index >= 15 is 0 Å². The zero-order chi connectivity index (χ0) is 13.4. The average Bonchev–Trinajstić information content (AvgIpc) is 2.36. The molecular formula is C16H28N2. The van der Waals surface area contributed by atoms with Crippen LogP contribution in [0.5, 0.6) is 0 Å². The molecule has 2 nitrogen and oxygen atoms in total. The highest BCUT2D eigenvalue weighted by Gasteiger charge is 2.07. The van der Waals surface area contributed by atoms with Crippen LogP contribution in [-0.4, -0.2) is 20.1 Å². The molecule has 1 rings (SSSR count). The Morgan fingerprint density at radius 3 is 2.61 bits per heavy atom. The lowest BCUT2D eigenvalue weighted by molar-refractivity contribution is 0.695. The zero-order valence-electron chi connectivity index (χ0n) is 12.4. The third-order valence-corrected chi connectivity index (χ3v) is 3.31. The Bertz CT molecular complexity index is 347. The van der Waals surface area contributed by atoms with Crippen molar-refractivity contribution >= 4 is 5.69 Å². The van der Waals surface area contributed by atoms with Crippen molar-refractivity contribution in [3.05, 3.63) is 29.3 Å². The number of unbranched alkanes of at least 4 members (excludes halogenated alkanes) is 2. The van der Waals surface area contributed by atoms with Gasteiger partial charge in [0, 0.05) is 25.8 Å². The van der Waals surface area contributed by atoms with Gasteiger partial charge < -0.3 is 10.2 Å². The summed E-state index contributed by atoms with van der Waals surface area (Å²) >= 11 is 0. The van der Waals surface area contributed by atoms with Crippen molar-refractivity contribution in [2.75, 3.05) is 25.0 Å². The second kappa shape index (κ2) is 8.15. The van der Waals surface area contributed by atoms with Gasteiger partial charge in [0.15, 0.2) is 0 Å². The van der Waals surface area contributed by atoms with Crippen LogP contribution in [0.2, 0.25) is 0 Å². The average molecular weight is 248 g/mol. The summed E-state index contributed by atoms with van der Waals surface area (Å²) in [5.74, 6) is 0. The van der Waals surface area contributed by atoms with E-state index in [2.05, 4.69) is 56.2 Å². The number of hydrogen-bond donors (Lipinski definition) is 1. The molecule has 0 amide bonds. The highest BCUT2D eigenvalue weighted by molar-refractivity contribution is 5.54. The number of nitrogens with one attached hydrogen (secondary N) is 1. The van der Waals surface area contributed by atoms with Gasteiger partial charge in [0.25, 0.3) is 0 Å². The normalized spacial score (nSPS) is 10.7. The molecule has 18 heavy (non-hydrogen) atoms. The van der Waals surface area contributed by atoms with Crippen LogP contribution in [0, 0.1) is 6.92 Å². The van der Waals surface area contributed by atoms with Crippen LogP contribution in [-0.2, 0) is 6.54 Å². The number of hydrogen-bond acceptors (Lipinski definition) is 2. The van der Waals surface area contributed by atoms with Crippen molar-refractivity contribution in [3.63, 3.8) is 0 Å². The summed E-state index contributed by atoms with van der Waals surface area (Å²) in [6.07, 6.45) is 3.88. The minimum atomic E-state index is 0.964. The Morgan fingerprint density at radius 1 is 1.17 bits per heavy atom. The van der Waals surface area contributed by atoms with Gasteiger partial charge in [0.05, 0.1) is 0 Å². The molecule has 0 saturated carbocycles. The summed E-state index contributed by atoms with van der Waals surface area (Å²) in [7, 11) is 2.20. The highest BCUT2D eigenvalue weighted by atomic mass is 15.1. The van der Waals surface area contributed by atoms with E-state index in [0.29, 0.717) is 0 Å². The van der Waals surface area contributed by atoms with Gasteiger partial charge in [-0.05, 0) is 31.5 Å². The van der Waals surface area contributed by atoms with Gasteiger partial charge in [-0.2, -0.15) is 0 Å². The largest absolute Gasteiger partial charge is 0.374 e. The molecule has 0 bridgehead atoms. The second-order valence-corrected chi connectivity index (χ2v) is 5.04. The van der Waals surface area contributed by atoms with Gasteiger partial charge in [-0.25, -0.2) is 0 Å². The molecule has 2 heteroatoms. The van der Waals surface area contributed by atoms with Gasteiger partial charge in [0.2, 0.25) is 0 Å². The first-order valence-corrected chi connectivity index (χ1v) is 7.20. The van der Waals surface area contributed by atoms with Crippen LogP contribution in [0.3, 0.4) is 0 Å². The predicted octanol–water partition coefficient (Wildman–Crippen LogP) is 3.73. The van der Waals surface area contributed by atoms with Crippen molar-refractivity contribution in [2.24, 2.45) is 0 Å². The quantitative estimate of drug-likeness (QED) is 0.705. The molecule has 0 fully saturated rings. The Balaban J connectivity index is 2.72. The van der Waals surface area contributed by atoms with Crippen molar-refractivity contribution < 1.29 is 0 Å². The van der Waals surface area contributed by atoms with E-state index in [1.165, 1.54) is 36.1 Å². The third-order valence-electron chi connectivity index (χ3n) is 3.31. The topological polar surface area (TPSA) is 15.3 Å². The fourth-order valence-electron chi connectivity index (χ4n) is 2.21. The van der Waals surface area contributed by atoms with E-state index < -0.39 is 0 Å². The zero-order valence-corrected chi connectivity index (χ0v) is 12.4. The highest BCUT2D eigenvalue weighted by Crippen LogP contribution is 2.21. The predicted molar refractivity (Wildman–Crippen MR) is 81.4 cm³/mol. The fraction of sp³-hybridized carbons (Fsp3) is 0.625. The molecule has 1 aromatic rings. The maximum Gasteiger partial charge on any atom is 0.0409 e. The minimum Gasteiger partial charge on any atom is -0.374 e. The summed E-state index contributed by atoms with van der Waals surface area (Å²) in [5.41, 5.74) is 4.13. The van der Waals surface area contributed by atoms with Crippen molar-refractivity contribution in [3.8, 4) is 0 Å². The van der Waals surface area contributed by atoms with Crippen molar-refractivity contribution in [1.29, 1.82) is 0 Å². The monoisotopic (exact) mass is 248 g/mol. The van der Waals surface area contributed by atoms with E-state index in [4.69, 9.17) is 0 Å². The fourth-order valence-corrected chi connectivity index (χ4v) is 2.21. The second-order valence-electron chi connectivity index (χ2n) is 5.04. The lowest BCUT2D eigenvalue weighted by Crippen LogP contribution is -2.22. The molecule has 102 valence electrons. The Morgan fingerprint density at radius 2 is 1.94 bits per heavy atom. The van der Waals surface area contributed by atoms with Gasteiger partial charge in [-0.15, -0.1) is 0 Å². The van der Waals surface area contributed by atoms with Crippen LogP contribution in [0.4, 0.5) is 5.69 Å². The Kier molecular flexibility index (Phi) is 6.81. The third kappa shape index (κ3) is 4.69. The van der Waals surface area contributed by atoms with Gasteiger partial charge >= 0.3 is 0 Å². The Hall–Kier alpha value is -1.02. The van der Waals surface area contributed by atoms with Crippen molar-refractivity contribution in [1.82, 2.24) is 5.32 Å². The van der Waals surface area contributed by atoms with Crippen LogP contribution in [0.25, 0.3) is 0 Å². The first-order valence-electron chi connectivity index (χ1n) is 7.20. The van der Waals surface area contributed by atoms with Gasteiger partial charge in [-0.3, -0.25) is 0 Å². The van der Waals surface area contributed by atoms with Crippen LogP contribution < -0.4 is 10.2 Å². The summed E-state index contributed by atoms with van der Waals surface area (Å²) in [6, 6.07) is 6.77. The van der Waals surface area contributed by atoms with E-state index in [1.807, 2.05) is 0 Å². The number of benzene rings is 1. The standard InChI is InChI=1S/C16H28N2/c1-5-7-8-11-18(4)16-10-9-14(3)12-15(16)13-17-6-2/h9-10,12,17H,5-8,11,13H2,1-4H3. The molecule has 0 saturated heterocycles. The Labute approximate surface area is 112 Å². The van der Waals surface area contributed by atoms with Crippen LogP contribution in [0.15, 0.2) is 18.2 Å². The molecule has 0 aliphatic heterocycles. The summed E-state index contributed by atoms with van der Waals surface area (Å²) in [5, 5.41) is 3.43. The molecule has 0 aliphatic carbocycles. The molecular weight excluding hydrogens is 220 g/mol. The SMILES string of the molecule is CCCCCN(C)c1ccc(C)cc1CNCC. The smallest absolute Gasteiger partial charge is 0.0409 e. The number of nitrogens with zero attached hydrogens (tertiary/aromatic N) is 1. The molecule has 0 aromatic heterocycles. The van der Waals surface area contributed by atoms with Crippen LogP contribution in [0.1, 0.15) is 44.2 Å². The maximum atomic E-state index is 3.43. The van der Waals surface area contributed by atoms with E-state index in [-0.39, 0.29) is 0 Å². The summed E-state index contributed by atoms with van der Waals surface area (Å²) < 4.78 is 0. The lowest BCUT2D eigenvalue weighted by Gasteiger charge is -2.23. The minimum absolute atomic E-state index is 0.964. The molecule has 0 unspecified atom stereocenters. The van der Waals surface area contributed by atoms with E-state index in [0.717, 1.165) is 19.6 Å². The molecule has 0 radical (unpaired) electrons.